The molecule has 0 atom stereocenters. The lowest BCUT2D eigenvalue weighted by atomic mass is 9.94. The fraction of sp³-hybridized carbons (Fsp3) is 0.440. The van der Waals surface area contributed by atoms with Crippen molar-refractivity contribution in [1.82, 2.24) is 15.6 Å². The van der Waals surface area contributed by atoms with E-state index in [1.807, 2.05) is 0 Å². The van der Waals surface area contributed by atoms with Crippen LogP contribution in [-0.4, -0.2) is 51.5 Å². The fourth-order valence-electron chi connectivity index (χ4n) is 4.01. The van der Waals surface area contributed by atoms with Crippen LogP contribution in [0.1, 0.15) is 33.1 Å². The quantitative estimate of drug-likeness (QED) is 0.218. The average molecular weight is 532 g/mol. The minimum atomic E-state index is -3.99. The number of nitrogens with zero attached hydrogens (tertiary/aromatic N) is 1. The SMILES string of the molecule is CC(C)NCCNc1ccc(S(=O)(=O)Oc2ccc3nc(NC(=O)CC4CCNCC4)sc3c2)cc1. The maximum absolute atomic E-state index is 12.8. The first-order valence-corrected chi connectivity index (χ1v) is 14.4. The van der Waals surface area contributed by atoms with E-state index >= 15 is 0 Å². The molecular formula is C25H33N5O4S2. The third-order valence-corrected chi connectivity index (χ3v) is 8.09. The number of piperidine rings is 1. The van der Waals surface area contributed by atoms with Crippen molar-refractivity contribution in [2.45, 2.75) is 44.0 Å². The summed E-state index contributed by atoms with van der Waals surface area (Å²) in [5.41, 5.74) is 1.50. The third kappa shape index (κ3) is 7.39. The van der Waals surface area contributed by atoms with Gasteiger partial charge < -0.3 is 25.5 Å². The second-order valence-electron chi connectivity index (χ2n) is 9.19. The van der Waals surface area contributed by atoms with Gasteiger partial charge in [0.2, 0.25) is 5.91 Å². The smallest absolute Gasteiger partial charge is 0.339 e. The van der Waals surface area contributed by atoms with Crippen LogP contribution in [0.5, 0.6) is 5.75 Å². The molecule has 1 amide bonds. The summed E-state index contributed by atoms with van der Waals surface area (Å²) in [5, 5.41) is 13.2. The number of nitrogens with one attached hydrogen (secondary N) is 4. The highest BCUT2D eigenvalue weighted by molar-refractivity contribution is 7.87. The summed E-state index contributed by atoms with van der Waals surface area (Å²) in [6.45, 7) is 7.60. The van der Waals surface area contributed by atoms with E-state index < -0.39 is 10.1 Å². The predicted molar refractivity (Wildman–Crippen MR) is 144 cm³/mol. The Labute approximate surface area is 216 Å². The number of carbonyl (C=O) groups excluding carboxylic acids is 1. The average Bonchev–Trinajstić information content (AvgIpc) is 3.23. The van der Waals surface area contributed by atoms with E-state index in [0.29, 0.717) is 29.0 Å². The zero-order valence-corrected chi connectivity index (χ0v) is 22.2. The van der Waals surface area contributed by atoms with Gasteiger partial charge in [-0.05, 0) is 68.2 Å². The highest BCUT2D eigenvalue weighted by Crippen LogP contribution is 2.31. The summed E-state index contributed by atoms with van der Waals surface area (Å²) in [6.07, 6.45) is 2.47. The fourth-order valence-corrected chi connectivity index (χ4v) is 5.84. The first-order chi connectivity index (χ1) is 17.3. The van der Waals surface area contributed by atoms with Crippen molar-refractivity contribution >= 4 is 48.4 Å². The molecule has 1 aliphatic rings. The Hall–Kier alpha value is -2.73. The normalized spacial score (nSPS) is 14.8. The van der Waals surface area contributed by atoms with Crippen LogP contribution >= 0.6 is 11.3 Å². The van der Waals surface area contributed by atoms with Gasteiger partial charge in [0.15, 0.2) is 5.13 Å². The number of amides is 1. The van der Waals surface area contributed by atoms with Crippen molar-refractivity contribution in [3.8, 4) is 5.75 Å². The van der Waals surface area contributed by atoms with Crippen LogP contribution < -0.4 is 25.5 Å². The molecule has 2 heterocycles. The highest BCUT2D eigenvalue weighted by Gasteiger charge is 2.19. The number of thiazole rings is 1. The van der Waals surface area contributed by atoms with Crippen molar-refractivity contribution < 1.29 is 17.4 Å². The van der Waals surface area contributed by atoms with E-state index in [1.165, 1.54) is 23.5 Å². The molecule has 3 aromatic rings. The molecule has 36 heavy (non-hydrogen) atoms. The molecule has 4 rings (SSSR count). The van der Waals surface area contributed by atoms with Crippen molar-refractivity contribution in [3.63, 3.8) is 0 Å². The largest absolute Gasteiger partial charge is 0.384 e. The van der Waals surface area contributed by atoms with Gasteiger partial charge in [-0.1, -0.05) is 25.2 Å². The van der Waals surface area contributed by atoms with E-state index in [2.05, 4.69) is 40.1 Å². The van der Waals surface area contributed by atoms with E-state index in [-0.39, 0.29) is 16.6 Å². The summed E-state index contributed by atoms with van der Waals surface area (Å²) in [6, 6.07) is 11.8. The van der Waals surface area contributed by atoms with Crippen LogP contribution in [0.4, 0.5) is 10.8 Å². The number of fused-ring (bicyclic) bond motifs is 1. The topological polar surface area (TPSA) is 121 Å². The number of hydrogen-bond acceptors (Lipinski definition) is 9. The molecule has 1 aliphatic heterocycles. The Morgan fingerprint density at radius 2 is 1.89 bits per heavy atom. The molecule has 11 heteroatoms. The van der Waals surface area contributed by atoms with Crippen LogP contribution in [0.25, 0.3) is 10.2 Å². The van der Waals surface area contributed by atoms with Gasteiger partial charge in [-0.2, -0.15) is 8.42 Å². The van der Waals surface area contributed by atoms with Gasteiger partial charge >= 0.3 is 10.1 Å². The lowest BCUT2D eigenvalue weighted by Gasteiger charge is -2.21. The molecule has 9 nitrogen and oxygen atoms in total. The monoisotopic (exact) mass is 531 g/mol. The second kappa shape index (κ2) is 12.0. The Morgan fingerprint density at radius 1 is 1.14 bits per heavy atom. The van der Waals surface area contributed by atoms with Crippen molar-refractivity contribution in [2.75, 3.05) is 36.8 Å². The molecule has 1 aromatic heterocycles. The molecule has 1 fully saturated rings. The Balaban J connectivity index is 1.35. The lowest BCUT2D eigenvalue weighted by Crippen LogP contribution is -2.30. The lowest BCUT2D eigenvalue weighted by molar-refractivity contribution is -0.117. The van der Waals surface area contributed by atoms with Crippen LogP contribution in [0, 0.1) is 5.92 Å². The molecule has 0 aliphatic carbocycles. The van der Waals surface area contributed by atoms with Gasteiger partial charge in [0.1, 0.15) is 10.6 Å². The summed E-state index contributed by atoms with van der Waals surface area (Å²) in [7, 11) is -3.99. The molecule has 4 N–H and O–H groups in total. The van der Waals surface area contributed by atoms with Gasteiger partial charge in [-0.25, -0.2) is 4.98 Å². The maximum atomic E-state index is 12.8. The summed E-state index contributed by atoms with van der Waals surface area (Å²) in [4.78, 5) is 16.9. The molecule has 194 valence electrons. The van der Waals surface area contributed by atoms with Gasteiger partial charge in [0.05, 0.1) is 10.2 Å². The van der Waals surface area contributed by atoms with Gasteiger partial charge in [-0.15, -0.1) is 0 Å². The van der Waals surface area contributed by atoms with E-state index in [0.717, 1.165) is 49.4 Å². The zero-order valence-electron chi connectivity index (χ0n) is 20.5. The number of benzene rings is 2. The van der Waals surface area contributed by atoms with E-state index in [9.17, 15) is 13.2 Å². The Bertz CT molecular complexity index is 1270. The number of hydrogen-bond donors (Lipinski definition) is 4. The number of anilines is 2. The van der Waals surface area contributed by atoms with Gasteiger partial charge in [0.25, 0.3) is 0 Å². The van der Waals surface area contributed by atoms with Crippen molar-refractivity contribution in [2.24, 2.45) is 5.92 Å². The molecule has 0 bridgehead atoms. The maximum Gasteiger partial charge on any atom is 0.339 e. The Morgan fingerprint density at radius 3 is 2.61 bits per heavy atom. The minimum Gasteiger partial charge on any atom is -0.384 e. The zero-order chi connectivity index (χ0) is 25.5. The molecule has 0 spiro atoms. The molecular weight excluding hydrogens is 498 g/mol. The molecule has 0 radical (unpaired) electrons. The number of aromatic nitrogens is 1. The summed E-state index contributed by atoms with van der Waals surface area (Å²) < 4.78 is 31.7. The minimum absolute atomic E-state index is 0.0471. The Kier molecular flexibility index (Phi) is 8.78. The standard InChI is InChI=1S/C25H33N5O4S2/c1-17(2)27-13-14-28-19-3-6-21(7-4-19)36(32,33)34-20-5-8-22-23(16-20)35-25(29-22)30-24(31)15-18-9-11-26-12-10-18/h3-8,16-18,26-28H,9-15H2,1-2H3,(H,29,30,31). The van der Waals surface area contributed by atoms with E-state index in [4.69, 9.17) is 4.18 Å². The van der Waals surface area contributed by atoms with E-state index in [1.54, 1.807) is 30.3 Å². The summed E-state index contributed by atoms with van der Waals surface area (Å²) in [5.74, 6) is 0.535. The molecule has 0 saturated carbocycles. The van der Waals surface area contributed by atoms with Crippen molar-refractivity contribution in [3.05, 3.63) is 42.5 Å². The van der Waals surface area contributed by atoms with Crippen LogP contribution in [-0.2, 0) is 14.9 Å². The molecule has 0 unspecified atom stereocenters. The molecule has 1 saturated heterocycles. The van der Waals surface area contributed by atoms with Crippen LogP contribution in [0.15, 0.2) is 47.4 Å². The molecule has 2 aromatic carbocycles. The highest BCUT2D eigenvalue weighted by atomic mass is 32.2. The van der Waals surface area contributed by atoms with Crippen LogP contribution in [0.3, 0.4) is 0 Å². The van der Waals surface area contributed by atoms with Crippen LogP contribution in [0.2, 0.25) is 0 Å². The predicted octanol–water partition coefficient (Wildman–Crippen LogP) is 3.80. The van der Waals surface area contributed by atoms with Crippen molar-refractivity contribution in [1.29, 1.82) is 0 Å². The van der Waals surface area contributed by atoms with Gasteiger partial charge in [0, 0.05) is 37.3 Å². The number of carbonyl (C=O) groups is 1. The first kappa shape index (κ1) is 26.3. The third-order valence-electron chi connectivity index (χ3n) is 5.89. The van der Waals surface area contributed by atoms with Gasteiger partial charge in [-0.3, -0.25) is 4.79 Å². The second-order valence-corrected chi connectivity index (χ2v) is 11.8. The summed E-state index contributed by atoms with van der Waals surface area (Å²) >= 11 is 1.29. The number of rotatable bonds is 11. The first-order valence-electron chi connectivity index (χ1n) is 12.2.